The van der Waals surface area contributed by atoms with Gasteiger partial charge in [-0.05, 0) is 83.9 Å². The highest BCUT2D eigenvalue weighted by Crippen LogP contribution is 2.35. The van der Waals surface area contributed by atoms with Gasteiger partial charge in [0.1, 0.15) is 0 Å². The van der Waals surface area contributed by atoms with Crippen LogP contribution in [0.1, 0.15) is 22.3 Å². The number of hydrogen-bond acceptors (Lipinski definition) is 10. The third-order valence-electron chi connectivity index (χ3n) is 7.41. The molecule has 2 heterocycles. The van der Waals surface area contributed by atoms with Gasteiger partial charge in [-0.25, -0.2) is 0 Å². The first-order valence-electron chi connectivity index (χ1n) is 14.3. The van der Waals surface area contributed by atoms with Crippen LogP contribution in [-0.4, -0.2) is 67.7 Å². The zero-order valence-electron chi connectivity index (χ0n) is 25.1. The first kappa shape index (κ1) is 32.6. The molecule has 46 heavy (non-hydrogen) atoms. The van der Waals surface area contributed by atoms with Gasteiger partial charge in [-0.1, -0.05) is 48.5 Å². The van der Waals surface area contributed by atoms with Crippen molar-refractivity contribution in [3.8, 4) is 0 Å². The van der Waals surface area contributed by atoms with Gasteiger partial charge in [-0.15, -0.1) is 0 Å². The van der Waals surface area contributed by atoms with E-state index < -0.39 is 44.9 Å². The second kappa shape index (κ2) is 13.7. The van der Waals surface area contributed by atoms with Crippen LogP contribution >= 0.6 is 23.5 Å². The molecule has 3 aromatic rings. The van der Waals surface area contributed by atoms with Crippen LogP contribution in [0.3, 0.4) is 0 Å². The van der Waals surface area contributed by atoms with Crippen molar-refractivity contribution < 1.29 is 28.8 Å². The maximum atomic E-state index is 13.4. The van der Waals surface area contributed by atoms with Crippen molar-refractivity contribution in [3.63, 3.8) is 0 Å². The zero-order chi connectivity index (χ0) is 33.1. The van der Waals surface area contributed by atoms with Crippen LogP contribution in [0.2, 0.25) is 0 Å². The van der Waals surface area contributed by atoms with Crippen molar-refractivity contribution in [1.82, 2.24) is 9.80 Å². The lowest BCUT2D eigenvalue weighted by atomic mass is 10.1. The number of aryl methyl sites for hydroxylation is 2. The molecule has 2 saturated heterocycles. The Morgan fingerprint density at radius 3 is 1.35 bits per heavy atom. The third-order valence-corrected chi connectivity index (χ3v) is 9.61. The Morgan fingerprint density at radius 2 is 1.02 bits per heavy atom. The molecule has 3 aromatic carbocycles. The standard InChI is InChI=1S/C32H32N6O6S2/c1-19-5-3-7-23(13-19)35(17-25(33)39)29-27(41)37(31(43)45-29)15-21-9-11-22(12-10-21)16-38-28(42)30(46-32(38)44)36(18-26(34)40)24-8-4-6-20(2)14-24/h3-14,29-30H,15-18H2,1-2H3,(H2,33,39)(H2,34,40)/t29-,30+. The molecule has 0 aliphatic carbocycles. The number of anilines is 2. The van der Waals surface area contributed by atoms with Gasteiger partial charge in [0.25, 0.3) is 22.3 Å². The maximum Gasteiger partial charge on any atom is 0.291 e. The summed E-state index contributed by atoms with van der Waals surface area (Å²) < 4.78 is 0. The Morgan fingerprint density at radius 1 is 0.652 bits per heavy atom. The van der Waals surface area contributed by atoms with Crippen LogP contribution in [0.5, 0.6) is 0 Å². The summed E-state index contributed by atoms with van der Waals surface area (Å²) in [7, 11) is 0. The number of primary amides is 2. The Hall–Kier alpha value is -4.82. The minimum absolute atomic E-state index is 0.00224. The number of nitrogens with zero attached hydrogens (tertiary/aromatic N) is 4. The normalized spacial score (nSPS) is 18.0. The molecule has 0 unspecified atom stereocenters. The number of nitrogens with two attached hydrogens (primary N) is 2. The third kappa shape index (κ3) is 7.18. The van der Waals surface area contributed by atoms with Crippen molar-refractivity contribution >= 4 is 69.0 Å². The number of carbonyl (C=O) groups is 6. The van der Waals surface area contributed by atoms with E-state index in [-0.39, 0.29) is 26.2 Å². The molecule has 0 aromatic heterocycles. The quantitative estimate of drug-likeness (QED) is 0.294. The van der Waals surface area contributed by atoms with Crippen LogP contribution in [0, 0.1) is 13.8 Å². The van der Waals surface area contributed by atoms with Crippen LogP contribution in [0.15, 0.2) is 72.8 Å². The number of thioether (sulfide) groups is 2. The van der Waals surface area contributed by atoms with Gasteiger partial charge in [-0.2, -0.15) is 0 Å². The summed E-state index contributed by atoms with van der Waals surface area (Å²) in [4.78, 5) is 81.7. The molecule has 238 valence electrons. The Balaban J connectivity index is 1.26. The summed E-state index contributed by atoms with van der Waals surface area (Å²) in [6, 6.07) is 21.4. The SMILES string of the molecule is Cc1cccc(N(CC(N)=O)[C@@H]2SC(=O)N(Cc3ccc(CN4C(=O)S[C@H](N(CC(N)=O)c5cccc(C)c5)C4=O)cc3)C2=O)c1. The largest absolute Gasteiger partial charge is 0.368 e. The van der Waals surface area contributed by atoms with Crippen molar-refractivity contribution in [2.24, 2.45) is 11.5 Å². The van der Waals surface area contributed by atoms with Gasteiger partial charge >= 0.3 is 0 Å². The number of imide groups is 2. The van der Waals surface area contributed by atoms with E-state index in [2.05, 4.69) is 0 Å². The van der Waals surface area contributed by atoms with Gasteiger partial charge < -0.3 is 21.3 Å². The summed E-state index contributed by atoms with van der Waals surface area (Å²) in [6.07, 6.45) is 0. The van der Waals surface area contributed by atoms with Crippen molar-refractivity contribution in [1.29, 1.82) is 0 Å². The van der Waals surface area contributed by atoms with Crippen LogP contribution < -0.4 is 21.3 Å². The fourth-order valence-corrected chi connectivity index (χ4v) is 7.28. The van der Waals surface area contributed by atoms with E-state index in [9.17, 15) is 28.8 Å². The van der Waals surface area contributed by atoms with E-state index in [1.165, 1.54) is 9.80 Å². The second-order valence-electron chi connectivity index (χ2n) is 11.0. The number of amides is 6. The monoisotopic (exact) mass is 660 g/mol. The van der Waals surface area contributed by atoms with Crippen LogP contribution in [0.25, 0.3) is 0 Å². The fraction of sp³-hybridized carbons (Fsp3) is 0.250. The number of benzene rings is 3. The molecule has 0 bridgehead atoms. The molecule has 4 N–H and O–H groups in total. The Labute approximate surface area is 274 Å². The second-order valence-corrected chi connectivity index (χ2v) is 13.1. The molecule has 14 heteroatoms. The van der Waals surface area contributed by atoms with Gasteiger partial charge in [0.2, 0.25) is 11.8 Å². The average molecular weight is 661 g/mol. The molecule has 0 saturated carbocycles. The van der Waals surface area contributed by atoms with E-state index in [1.54, 1.807) is 48.5 Å². The van der Waals surface area contributed by atoms with Gasteiger partial charge in [0.05, 0.1) is 26.2 Å². The van der Waals surface area contributed by atoms with E-state index in [1.807, 2.05) is 38.1 Å². The molecule has 2 aliphatic rings. The lowest BCUT2D eigenvalue weighted by molar-refractivity contribution is -0.128. The highest BCUT2D eigenvalue weighted by Gasteiger charge is 2.45. The van der Waals surface area contributed by atoms with Crippen molar-refractivity contribution in [2.75, 3.05) is 22.9 Å². The number of hydrogen-bond donors (Lipinski definition) is 2. The average Bonchev–Trinajstić information content (AvgIpc) is 3.44. The molecule has 2 atom stereocenters. The first-order chi connectivity index (χ1) is 21.9. The Kier molecular flexibility index (Phi) is 9.68. The predicted molar refractivity (Wildman–Crippen MR) is 177 cm³/mol. The minimum Gasteiger partial charge on any atom is -0.368 e. The lowest BCUT2D eigenvalue weighted by Crippen LogP contribution is -2.45. The van der Waals surface area contributed by atoms with Crippen molar-refractivity contribution in [2.45, 2.75) is 37.7 Å². The maximum absolute atomic E-state index is 13.4. The number of carbonyl (C=O) groups excluding carboxylic acids is 6. The molecule has 0 radical (unpaired) electrons. The molecule has 2 aliphatic heterocycles. The van der Waals surface area contributed by atoms with Crippen molar-refractivity contribution in [3.05, 3.63) is 95.1 Å². The predicted octanol–water partition coefficient (Wildman–Crippen LogP) is 3.33. The summed E-state index contributed by atoms with van der Waals surface area (Å²) >= 11 is 1.64. The van der Waals surface area contributed by atoms with Gasteiger partial charge in [-0.3, -0.25) is 38.6 Å². The number of rotatable bonds is 12. The molecular weight excluding hydrogens is 629 g/mol. The lowest BCUT2D eigenvalue weighted by Gasteiger charge is -2.28. The molecule has 5 rings (SSSR count). The van der Waals surface area contributed by atoms with Gasteiger partial charge in [0, 0.05) is 11.4 Å². The molecule has 6 amide bonds. The highest BCUT2D eigenvalue weighted by atomic mass is 32.2. The summed E-state index contributed by atoms with van der Waals surface area (Å²) in [6.45, 7) is 3.29. The zero-order valence-corrected chi connectivity index (χ0v) is 26.8. The fourth-order valence-electron chi connectivity index (χ4n) is 5.23. The topological polar surface area (TPSA) is 167 Å². The van der Waals surface area contributed by atoms with E-state index in [0.29, 0.717) is 22.5 Å². The van der Waals surface area contributed by atoms with Gasteiger partial charge in [0.15, 0.2) is 10.7 Å². The first-order valence-corrected chi connectivity index (χ1v) is 16.0. The smallest absolute Gasteiger partial charge is 0.291 e. The molecule has 2 fully saturated rings. The molecular formula is C32H32N6O6S2. The summed E-state index contributed by atoms with van der Waals surface area (Å²) in [5.74, 6) is -2.20. The molecule has 0 spiro atoms. The Bertz CT molecular complexity index is 1590. The van der Waals surface area contributed by atoms with E-state index >= 15 is 0 Å². The minimum atomic E-state index is -0.951. The summed E-state index contributed by atoms with van der Waals surface area (Å²) in [5.41, 5.74) is 15.3. The highest BCUT2D eigenvalue weighted by molar-refractivity contribution is 8.15. The van der Waals surface area contributed by atoms with E-state index in [0.717, 1.165) is 44.5 Å². The summed E-state index contributed by atoms with van der Waals surface area (Å²) in [5, 5.41) is -2.81. The molecule has 12 nitrogen and oxygen atoms in total. The van der Waals surface area contributed by atoms with Crippen LogP contribution in [0.4, 0.5) is 21.0 Å². The van der Waals surface area contributed by atoms with E-state index in [4.69, 9.17) is 11.5 Å². The van der Waals surface area contributed by atoms with Crippen LogP contribution in [-0.2, 0) is 32.3 Å².